The zero-order chi connectivity index (χ0) is 23.9. The number of hydrogen-bond acceptors (Lipinski definition) is 7. The molecule has 0 radical (unpaired) electrons. The SMILES string of the molecule is CC1C2C=CC(C2)C1Nc1nc(Nc2ccc(OCCN3CCCC3)cc2)ncc1Br.NC=O. The van der Waals surface area contributed by atoms with Crippen molar-refractivity contribution in [1.29, 1.82) is 0 Å². The van der Waals surface area contributed by atoms with Gasteiger partial charge < -0.3 is 21.1 Å². The van der Waals surface area contributed by atoms with Crippen molar-refractivity contribution in [3.63, 3.8) is 0 Å². The van der Waals surface area contributed by atoms with E-state index in [-0.39, 0.29) is 6.41 Å². The number of allylic oxidation sites excluding steroid dienone is 1. The molecule has 1 aliphatic heterocycles. The van der Waals surface area contributed by atoms with E-state index in [1.54, 1.807) is 6.20 Å². The first-order chi connectivity index (χ1) is 16.6. The quantitative estimate of drug-likeness (QED) is 0.348. The summed E-state index contributed by atoms with van der Waals surface area (Å²) in [7, 11) is 0. The van der Waals surface area contributed by atoms with Crippen LogP contribution in [0.15, 0.2) is 47.1 Å². The molecule has 2 bridgehead atoms. The smallest absolute Gasteiger partial charge is 0.229 e. The number of nitrogens with zero attached hydrogens (tertiary/aromatic N) is 3. The number of hydrogen-bond donors (Lipinski definition) is 3. The van der Waals surface area contributed by atoms with E-state index in [9.17, 15) is 0 Å². The fourth-order valence-electron chi connectivity index (χ4n) is 5.06. The summed E-state index contributed by atoms with van der Waals surface area (Å²) in [6.07, 6.45) is 10.7. The Kier molecular flexibility index (Phi) is 8.39. The van der Waals surface area contributed by atoms with E-state index < -0.39 is 0 Å². The molecule has 4 N–H and O–H groups in total. The lowest BCUT2D eigenvalue weighted by Gasteiger charge is -2.27. The molecule has 182 valence electrons. The molecule has 9 heteroatoms. The summed E-state index contributed by atoms with van der Waals surface area (Å²) in [5.74, 6) is 4.22. The fraction of sp³-hybridized carbons (Fsp3) is 0.480. The maximum atomic E-state index is 8.58. The number of nitrogens with one attached hydrogen (secondary N) is 2. The van der Waals surface area contributed by atoms with Crippen LogP contribution in [0.1, 0.15) is 26.2 Å². The van der Waals surface area contributed by atoms with Gasteiger partial charge in [-0.25, -0.2) is 4.98 Å². The largest absolute Gasteiger partial charge is 0.492 e. The maximum Gasteiger partial charge on any atom is 0.229 e. The molecular formula is C25H33BrN6O2. The third kappa shape index (κ3) is 6.07. The standard InChI is InChI=1S/C24H30BrN5O.CH3NO/c1-16-17-4-5-18(14-17)22(16)28-23-21(25)15-26-24(29-23)27-19-6-8-20(9-7-19)31-13-12-30-10-2-3-11-30;2-1-3/h4-9,15-18,22H,2-3,10-14H2,1H3,(H2,26,27,28,29);1H,(H2,2,3). The lowest BCUT2D eigenvalue weighted by Crippen LogP contribution is -2.31. The Hall–Kier alpha value is -2.65. The molecule has 2 aliphatic carbocycles. The minimum absolute atomic E-state index is 0.250. The van der Waals surface area contributed by atoms with E-state index in [1.807, 2.05) is 24.3 Å². The Morgan fingerprint density at radius 3 is 2.59 bits per heavy atom. The molecule has 1 amide bonds. The Morgan fingerprint density at radius 1 is 1.21 bits per heavy atom. The molecule has 34 heavy (non-hydrogen) atoms. The highest BCUT2D eigenvalue weighted by molar-refractivity contribution is 9.10. The summed E-state index contributed by atoms with van der Waals surface area (Å²) in [5, 5.41) is 6.97. The molecule has 1 saturated heterocycles. The van der Waals surface area contributed by atoms with Gasteiger partial charge in [0.25, 0.3) is 0 Å². The first-order valence-corrected chi connectivity index (χ1v) is 12.7. The number of fused-ring (bicyclic) bond motifs is 2. The predicted octanol–water partition coefficient (Wildman–Crippen LogP) is 4.18. The highest BCUT2D eigenvalue weighted by atomic mass is 79.9. The Labute approximate surface area is 209 Å². The molecule has 0 spiro atoms. The molecule has 2 heterocycles. The van der Waals surface area contributed by atoms with Crippen LogP contribution in [0.25, 0.3) is 0 Å². The second kappa shape index (κ2) is 11.7. The monoisotopic (exact) mass is 528 g/mol. The lowest BCUT2D eigenvalue weighted by atomic mass is 9.91. The van der Waals surface area contributed by atoms with Gasteiger partial charge in [-0.05, 0) is 90.3 Å². The highest BCUT2D eigenvalue weighted by Crippen LogP contribution is 2.45. The van der Waals surface area contributed by atoms with E-state index >= 15 is 0 Å². The highest BCUT2D eigenvalue weighted by Gasteiger charge is 2.42. The van der Waals surface area contributed by atoms with Gasteiger partial charge in [-0.2, -0.15) is 4.98 Å². The van der Waals surface area contributed by atoms with Crippen molar-refractivity contribution in [3.05, 3.63) is 47.1 Å². The number of amides is 1. The summed E-state index contributed by atoms with van der Waals surface area (Å²) < 4.78 is 6.78. The van der Waals surface area contributed by atoms with Crippen molar-refractivity contribution >= 4 is 39.8 Å². The van der Waals surface area contributed by atoms with Gasteiger partial charge in [0.1, 0.15) is 18.2 Å². The first-order valence-electron chi connectivity index (χ1n) is 11.9. The van der Waals surface area contributed by atoms with Crippen LogP contribution in [0.2, 0.25) is 0 Å². The molecule has 1 aromatic carbocycles. The molecule has 5 rings (SSSR count). The number of nitrogens with two attached hydrogens (primary N) is 1. The van der Waals surface area contributed by atoms with Crippen molar-refractivity contribution < 1.29 is 9.53 Å². The number of carbonyl (C=O) groups is 1. The van der Waals surface area contributed by atoms with Crippen LogP contribution in [0, 0.1) is 17.8 Å². The molecule has 1 saturated carbocycles. The number of carbonyl (C=O) groups excluding carboxylic acids is 1. The van der Waals surface area contributed by atoms with Gasteiger partial charge in [0.15, 0.2) is 0 Å². The van der Waals surface area contributed by atoms with Crippen molar-refractivity contribution in [2.24, 2.45) is 23.5 Å². The topological polar surface area (TPSA) is 105 Å². The van der Waals surface area contributed by atoms with E-state index in [2.05, 4.69) is 61.3 Å². The van der Waals surface area contributed by atoms with Crippen LogP contribution in [0.5, 0.6) is 5.75 Å². The van der Waals surface area contributed by atoms with E-state index in [1.165, 1.54) is 32.4 Å². The first kappa shape index (κ1) is 24.5. The van der Waals surface area contributed by atoms with E-state index in [0.717, 1.165) is 34.9 Å². The second-order valence-electron chi connectivity index (χ2n) is 9.05. The second-order valence-corrected chi connectivity index (χ2v) is 9.90. The predicted molar refractivity (Wildman–Crippen MR) is 138 cm³/mol. The van der Waals surface area contributed by atoms with Crippen LogP contribution >= 0.6 is 15.9 Å². The van der Waals surface area contributed by atoms with Crippen molar-refractivity contribution in [2.75, 3.05) is 36.9 Å². The van der Waals surface area contributed by atoms with Gasteiger partial charge in [-0.15, -0.1) is 0 Å². The van der Waals surface area contributed by atoms with Crippen LogP contribution < -0.4 is 21.1 Å². The van der Waals surface area contributed by atoms with Crippen molar-refractivity contribution in [3.8, 4) is 5.75 Å². The van der Waals surface area contributed by atoms with Gasteiger partial charge in [-0.1, -0.05) is 19.1 Å². The number of ether oxygens (including phenoxy) is 1. The average Bonchev–Trinajstić information content (AvgIpc) is 3.58. The zero-order valence-electron chi connectivity index (χ0n) is 19.5. The van der Waals surface area contributed by atoms with Gasteiger partial charge in [0.2, 0.25) is 12.4 Å². The average molecular weight is 529 g/mol. The van der Waals surface area contributed by atoms with Gasteiger partial charge >= 0.3 is 0 Å². The van der Waals surface area contributed by atoms with Crippen LogP contribution in [-0.4, -0.2) is 53.6 Å². The number of aromatic nitrogens is 2. The number of anilines is 3. The number of likely N-dealkylation sites (tertiary alicyclic amines) is 1. The van der Waals surface area contributed by atoms with Crippen molar-refractivity contribution in [2.45, 2.75) is 32.2 Å². The summed E-state index contributed by atoms with van der Waals surface area (Å²) in [6, 6.07) is 8.42. The van der Waals surface area contributed by atoms with Crippen LogP contribution in [-0.2, 0) is 4.79 Å². The molecule has 8 nitrogen and oxygen atoms in total. The van der Waals surface area contributed by atoms with Crippen LogP contribution in [0.4, 0.5) is 17.5 Å². The Morgan fingerprint density at radius 2 is 1.91 bits per heavy atom. The molecule has 4 atom stereocenters. The number of rotatable bonds is 8. The summed E-state index contributed by atoms with van der Waals surface area (Å²) in [5.41, 5.74) is 5.11. The minimum atomic E-state index is 0.250. The third-order valence-electron chi connectivity index (χ3n) is 6.89. The molecule has 2 fully saturated rings. The molecule has 2 aromatic rings. The summed E-state index contributed by atoms with van der Waals surface area (Å²) >= 11 is 3.60. The Balaban J connectivity index is 0.000000868. The lowest BCUT2D eigenvalue weighted by molar-refractivity contribution is -0.106. The molecule has 3 aliphatic rings. The fourth-order valence-corrected chi connectivity index (χ4v) is 5.36. The van der Waals surface area contributed by atoms with Crippen molar-refractivity contribution in [1.82, 2.24) is 14.9 Å². The van der Waals surface area contributed by atoms with Crippen LogP contribution in [0.3, 0.4) is 0 Å². The molecule has 1 aromatic heterocycles. The summed E-state index contributed by atoms with van der Waals surface area (Å²) in [4.78, 5) is 20.2. The van der Waals surface area contributed by atoms with Gasteiger partial charge in [-0.3, -0.25) is 9.69 Å². The number of benzene rings is 1. The zero-order valence-corrected chi connectivity index (χ0v) is 21.1. The number of halogens is 1. The molecule has 4 unspecified atom stereocenters. The summed E-state index contributed by atoms with van der Waals surface area (Å²) in [6.45, 7) is 6.46. The van der Waals surface area contributed by atoms with Gasteiger partial charge in [0, 0.05) is 24.5 Å². The minimum Gasteiger partial charge on any atom is -0.492 e. The normalized spacial score (nSPS) is 25.0. The van der Waals surface area contributed by atoms with Gasteiger partial charge in [0.05, 0.1) is 4.47 Å². The maximum absolute atomic E-state index is 8.58. The van der Waals surface area contributed by atoms with E-state index in [4.69, 9.17) is 14.5 Å². The molecular weight excluding hydrogens is 496 g/mol. The third-order valence-corrected chi connectivity index (χ3v) is 7.47. The number of primary amides is 1. The van der Waals surface area contributed by atoms with E-state index in [0.29, 0.717) is 29.7 Å². The Bertz CT molecular complexity index is 980.